The molecule has 2 N–H and O–H groups in total. The zero-order valence-electron chi connectivity index (χ0n) is 10.5. The van der Waals surface area contributed by atoms with Crippen LogP contribution in [0.3, 0.4) is 0 Å². The van der Waals surface area contributed by atoms with Crippen LogP contribution in [0.25, 0.3) is 0 Å². The molecule has 1 saturated carbocycles. The van der Waals surface area contributed by atoms with Crippen molar-refractivity contribution in [3.05, 3.63) is 47.0 Å². The van der Waals surface area contributed by atoms with E-state index in [1.54, 1.807) is 0 Å². The van der Waals surface area contributed by atoms with E-state index in [4.69, 9.17) is 0 Å². The Hall–Kier alpha value is -1.33. The van der Waals surface area contributed by atoms with Gasteiger partial charge in [-0.1, -0.05) is 22.0 Å². The topological polar surface area (TPSA) is 50.1 Å². The molecule has 2 aromatic rings. The Morgan fingerprint density at radius 3 is 3.00 bits per heavy atom. The molecule has 1 atom stereocenters. The Kier molecular flexibility index (Phi) is 3.57. The molecule has 100 valence electrons. The van der Waals surface area contributed by atoms with Gasteiger partial charge in [0.1, 0.15) is 0 Å². The first kappa shape index (κ1) is 12.7. The molecule has 1 aliphatic rings. The van der Waals surface area contributed by atoms with Crippen LogP contribution in [0, 0.1) is 0 Å². The van der Waals surface area contributed by atoms with Crippen molar-refractivity contribution >= 4 is 21.6 Å². The van der Waals surface area contributed by atoms with Crippen LogP contribution >= 0.6 is 15.9 Å². The van der Waals surface area contributed by atoms with Gasteiger partial charge in [-0.05, 0) is 31.0 Å². The van der Waals surface area contributed by atoms with Gasteiger partial charge in [-0.15, -0.1) is 0 Å². The lowest BCUT2D eigenvalue weighted by Crippen LogP contribution is -2.18. The van der Waals surface area contributed by atoms with Crippen LogP contribution in [0.2, 0.25) is 0 Å². The van der Waals surface area contributed by atoms with Crippen molar-refractivity contribution in [2.75, 3.05) is 11.9 Å². The summed E-state index contributed by atoms with van der Waals surface area (Å²) in [6.45, 7) is 0.0466. The van der Waals surface area contributed by atoms with Gasteiger partial charge in [0.05, 0.1) is 30.9 Å². The normalized spacial score (nSPS) is 16.3. The second-order valence-corrected chi connectivity index (χ2v) is 5.76. The third kappa shape index (κ3) is 2.82. The van der Waals surface area contributed by atoms with E-state index in [-0.39, 0.29) is 12.6 Å². The number of aliphatic hydroxyl groups excluding tert-OH is 1. The fourth-order valence-corrected chi connectivity index (χ4v) is 2.63. The minimum atomic E-state index is -0.127. The van der Waals surface area contributed by atoms with E-state index in [1.165, 1.54) is 12.8 Å². The number of nitrogens with one attached hydrogen (secondary N) is 1. The van der Waals surface area contributed by atoms with Gasteiger partial charge < -0.3 is 15.0 Å². The first-order valence-corrected chi connectivity index (χ1v) is 7.22. The first-order chi connectivity index (χ1) is 9.28. The molecule has 1 heterocycles. The highest BCUT2D eigenvalue weighted by molar-refractivity contribution is 9.10. The number of halogens is 1. The Morgan fingerprint density at radius 1 is 1.47 bits per heavy atom. The van der Waals surface area contributed by atoms with Gasteiger partial charge in [-0.3, -0.25) is 0 Å². The van der Waals surface area contributed by atoms with Crippen LogP contribution in [0.15, 0.2) is 41.3 Å². The molecule has 19 heavy (non-hydrogen) atoms. The minimum absolute atomic E-state index is 0.0466. The standard InChI is InChI=1S/C14H16BrN3O/c15-10-2-1-3-11(6-10)17-13(8-19)14-7-16-9-18(14)12-4-5-12/h1-3,6-7,9,12-13,17,19H,4-5,8H2. The Balaban J connectivity index is 1.82. The summed E-state index contributed by atoms with van der Waals surface area (Å²) in [6.07, 6.45) is 6.11. The van der Waals surface area contributed by atoms with Crippen LogP contribution in [0.1, 0.15) is 30.6 Å². The number of nitrogens with zero attached hydrogens (tertiary/aromatic N) is 2. The van der Waals surface area contributed by atoms with E-state index in [9.17, 15) is 5.11 Å². The summed E-state index contributed by atoms with van der Waals surface area (Å²) in [5.41, 5.74) is 2.03. The monoisotopic (exact) mass is 321 g/mol. The molecular weight excluding hydrogens is 306 g/mol. The van der Waals surface area contributed by atoms with Gasteiger partial charge >= 0.3 is 0 Å². The lowest BCUT2D eigenvalue weighted by atomic mass is 10.2. The fraction of sp³-hybridized carbons (Fsp3) is 0.357. The molecule has 0 spiro atoms. The average Bonchev–Trinajstić information content (AvgIpc) is 3.14. The summed E-state index contributed by atoms with van der Waals surface area (Å²) in [6, 6.07) is 8.38. The van der Waals surface area contributed by atoms with E-state index in [2.05, 4.69) is 30.8 Å². The molecule has 1 aliphatic carbocycles. The first-order valence-electron chi connectivity index (χ1n) is 6.42. The van der Waals surface area contributed by atoms with Crippen LogP contribution in [-0.2, 0) is 0 Å². The predicted molar refractivity (Wildman–Crippen MR) is 78.1 cm³/mol. The Labute approximate surface area is 120 Å². The SMILES string of the molecule is OCC(Nc1cccc(Br)c1)c1cncn1C1CC1. The summed E-state index contributed by atoms with van der Waals surface area (Å²) in [5.74, 6) is 0. The number of benzene rings is 1. The predicted octanol–water partition coefficient (Wildman–Crippen LogP) is 3.13. The molecule has 1 aromatic carbocycles. The van der Waals surface area contributed by atoms with Crippen LogP contribution in [-0.4, -0.2) is 21.3 Å². The highest BCUT2D eigenvalue weighted by Crippen LogP contribution is 2.37. The van der Waals surface area contributed by atoms with Crippen molar-refractivity contribution < 1.29 is 5.11 Å². The molecular formula is C14H16BrN3O. The zero-order chi connectivity index (χ0) is 13.2. The van der Waals surface area contributed by atoms with E-state index in [0.29, 0.717) is 6.04 Å². The fourth-order valence-electron chi connectivity index (χ4n) is 2.24. The number of anilines is 1. The zero-order valence-corrected chi connectivity index (χ0v) is 12.0. The van der Waals surface area contributed by atoms with E-state index in [0.717, 1.165) is 15.9 Å². The van der Waals surface area contributed by atoms with Crippen molar-refractivity contribution in [3.63, 3.8) is 0 Å². The highest BCUT2D eigenvalue weighted by Gasteiger charge is 2.27. The smallest absolute Gasteiger partial charge is 0.0951 e. The van der Waals surface area contributed by atoms with E-state index in [1.807, 2.05) is 36.8 Å². The second kappa shape index (κ2) is 5.35. The highest BCUT2D eigenvalue weighted by atomic mass is 79.9. The van der Waals surface area contributed by atoms with Gasteiger partial charge in [0, 0.05) is 16.2 Å². The molecule has 4 nitrogen and oxygen atoms in total. The largest absolute Gasteiger partial charge is 0.394 e. The maximum Gasteiger partial charge on any atom is 0.0951 e. The van der Waals surface area contributed by atoms with Gasteiger partial charge in [0.2, 0.25) is 0 Å². The van der Waals surface area contributed by atoms with Crippen molar-refractivity contribution in [1.29, 1.82) is 0 Å². The molecule has 0 radical (unpaired) electrons. The summed E-state index contributed by atoms with van der Waals surface area (Å²) < 4.78 is 3.19. The molecule has 1 unspecified atom stereocenters. The van der Waals surface area contributed by atoms with E-state index >= 15 is 0 Å². The second-order valence-electron chi connectivity index (χ2n) is 4.85. The number of aliphatic hydroxyl groups is 1. The Morgan fingerprint density at radius 2 is 2.32 bits per heavy atom. The van der Waals surface area contributed by atoms with Crippen LogP contribution in [0.4, 0.5) is 5.69 Å². The third-order valence-electron chi connectivity index (χ3n) is 3.34. The van der Waals surface area contributed by atoms with E-state index < -0.39 is 0 Å². The molecule has 1 fully saturated rings. The summed E-state index contributed by atoms with van der Waals surface area (Å²) >= 11 is 3.45. The molecule has 0 bridgehead atoms. The molecule has 0 amide bonds. The van der Waals surface area contributed by atoms with Crippen molar-refractivity contribution in [2.24, 2.45) is 0 Å². The number of aromatic nitrogens is 2. The quantitative estimate of drug-likeness (QED) is 0.889. The summed E-state index contributed by atoms with van der Waals surface area (Å²) in [4.78, 5) is 4.21. The maximum absolute atomic E-state index is 9.64. The van der Waals surface area contributed by atoms with Crippen molar-refractivity contribution in [2.45, 2.75) is 24.9 Å². The number of hydrogen-bond donors (Lipinski definition) is 2. The summed E-state index contributed by atoms with van der Waals surface area (Å²) in [7, 11) is 0. The number of hydrogen-bond acceptors (Lipinski definition) is 3. The number of imidazole rings is 1. The Bertz CT molecular complexity index is 565. The van der Waals surface area contributed by atoms with Gasteiger partial charge in [-0.25, -0.2) is 4.98 Å². The van der Waals surface area contributed by atoms with Crippen LogP contribution < -0.4 is 5.32 Å². The minimum Gasteiger partial charge on any atom is -0.394 e. The molecule has 3 rings (SSSR count). The lowest BCUT2D eigenvalue weighted by Gasteiger charge is -2.19. The lowest BCUT2D eigenvalue weighted by molar-refractivity contribution is 0.272. The van der Waals surface area contributed by atoms with Gasteiger partial charge in [0.15, 0.2) is 0 Å². The van der Waals surface area contributed by atoms with Gasteiger partial charge in [0.25, 0.3) is 0 Å². The molecule has 0 saturated heterocycles. The maximum atomic E-state index is 9.64. The van der Waals surface area contributed by atoms with Crippen LogP contribution in [0.5, 0.6) is 0 Å². The number of rotatable bonds is 5. The third-order valence-corrected chi connectivity index (χ3v) is 3.83. The molecule has 0 aliphatic heterocycles. The molecule has 1 aromatic heterocycles. The molecule has 5 heteroatoms. The summed E-state index contributed by atoms with van der Waals surface area (Å²) in [5, 5.41) is 13.0. The van der Waals surface area contributed by atoms with Crippen molar-refractivity contribution in [3.8, 4) is 0 Å². The average molecular weight is 322 g/mol. The van der Waals surface area contributed by atoms with Crippen molar-refractivity contribution in [1.82, 2.24) is 9.55 Å². The van der Waals surface area contributed by atoms with Gasteiger partial charge in [-0.2, -0.15) is 0 Å².